The summed E-state index contributed by atoms with van der Waals surface area (Å²) in [4.78, 5) is 26.5. The highest BCUT2D eigenvalue weighted by molar-refractivity contribution is 5.80. The molecular formula is C66H125NO10. The van der Waals surface area contributed by atoms with E-state index in [4.69, 9.17) is 14.2 Å². The van der Waals surface area contributed by atoms with Crippen LogP contribution in [-0.2, 0) is 23.8 Å². The molecule has 0 spiro atoms. The average Bonchev–Trinajstić information content (AvgIpc) is 3.43. The summed E-state index contributed by atoms with van der Waals surface area (Å²) in [7, 11) is 0. The lowest BCUT2D eigenvalue weighted by atomic mass is 9.99. The van der Waals surface area contributed by atoms with E-state index < -0.39 is 67.4 Å². The molecule has 1 rings (SSSR count). The van der Waals surface area contributed by atoms with Gasteiger partial charge in [0.1, 0.15) is 24.4 Å². The van der Waals surface area contributed by atoms with E-state index in [-0.39, 0.29) is 13.0 Å². The van der Waals surface area contributed by atoms with Crippen molar-refractivity contribution < 1.29 is 49.3 Å². The Balaban J connectivity index is 2.49. The van der Waals surface area contributed by atoms with Gasteiger partial charge in [-0.25, -0.2) is 0 Å². The third kappa shape index (κ3) is 42.6. The Morgan fingerprint density at radius 1 is 0.494 bits per heavy atom. The van der Waals surface area contributed by atoms with Gasteiger partial charge >= 0.3 is 5.97 Å². The topological polar surface area (TPSA) is 175 Å². The minimum atomic E-state index is -1.61. The second-order valence-corrected chi connectivity index (χ2v) is 23.2. The molecule has 77 heavy (non-hydrogen) atoms. The maximum Gasteiger partial charge on any atom is 0.306 e. The van der Waals surface area contributed by atoms with Crippen LogP contribution in [0, 0.1) is 0 Å². The molecule has 11 nitrogen and oxygen atoms in total. The summed E-state index contributed by atoms with van der Waals surface area (Å²) in [5, 5.41) is 56.9. The molecule has 11 heteroatoms. The summed E-state index contributed by atoms with van der Waals surface area (Å²) in [6.07, 6.45) is 53.9. The maximum absolute atomic E-state index is 13.3. The van der Waals surface area contributed by atoms with Gasteiger partial charge in [-0.2, -0.15) is 0 Å². The zero-order valence-corrected chi connectivity index (χ0v) is 50.4. The van der Waals surface area contributed by atoms with Gasteiger partial charge in [-0.1, -0.05) is 289 Å². The molecule has 0 aromatic rings. The standard InChI is InChI=1S/C66H125NO10/c1-4-7-10-13-16-19-22-23-24-25-26-27-28-29-30-31-32-33-34-35-36-37-39-42-45-48-51-54-61(71)77-64-63(73)62(72)60(55-68)76-66(64)75-56-57(58(69)52-49-46-43-41-38-20-17-14-11-8-5-2)67-65(74)59(70)53-50-47-44-40-21-18-15-12-9-6-3/h23-24,49,52,57-60,62-64,66,68-70,72-73H,4-22,25-48,50-51,53-56H2,1-3H3,(H,67,74)/b24-23+,52-49+. The number of carbonyl (C=O) groups excluding carboxylic acids is 2. The summed E-state index contributed by atoms with van der Waals surface area (Å²) in [5.74, 6) is -1.18. The molecule has 0 bridgehead atoms. The predicted octanol–water partition coefficient (Wildman–Crippen LogP) is 16.1. The van der Waals surface area contributed by atoms with E-state index in [9.17, 15) is 35.1 Å². The van der Waals surface area contributed by atoms with Crippen LogP contribution >= 0.6 is 0 Å². The van der Waals surface area contributed by atoms with Crippen LogP contribution in [0.2, 0.25) is 0 Å². The summed E-state index contributed by atoms with van der Waals surface area (Å²) < 4.78 is 17.6. The summed E-state index contributed by atoms with van der Waals surface area (Å²) in [5.41, 5.74) is 0. The predicted molar refractivity (Wildman–Crippen MR) is 320 cm³/mol. The van der Waals surface area contributed by atoms with Crippen molar-refractivity contribution in [2.24, 2.45) is 0 Å². The lowest BCUT2D eigenvalue weighted by molar-refractivity contribution is -0.305. The number of allylic oxidation sites excluding steroid dienone is 3. The number of carbonyl (C=O) groups is 2. The summed E-state index contributed by atoms with van der Waals surface area (Å²) in [6.45, 7) is 5.79. The van der Waals surface area contributed by atoms with Gasteiger partial charge in [-0.05, 0) is 51.4 Å². The molecule has 6 N–H and O–H groups in total. The van der Waals surface area contributed by atoms with Crippen LogP contribution < -0.4 is 5.32 Å². The molecule has 1 heterocycles. The Kier molecular flexibility index (Phi) is 52.0. The van der Waals surface area contributed by atoms with Gasteiger partial charge < -0.3 is 45.1 Å². The number of rotatable bonds is 57. The first-order chi connectivity index (χ1) is 37.7. The molecule has 1 amide bonds. The van der Waals surface area contributed by atoms with Gasteiger partial charge in [0.15, 0.2) is 12.4 Å². The number of esters is 1. The van der Waals surface area contributed by atoms with E-state index in [1.165, 1.54) is 218 Å². The molecule has 0 aromatic heterocycles. The molecule has 1 saturated heterocycles. The Morgan fingerprint density at radius 2 is 0.857 bits per heavy atom. The Bertz CT molecular complexity index is 1350. The van der Waals surface area contributed by atoms with Crippen molar-refractivity contribution in [2.45, 2.75) is 372 Å². The molecule has 0 saturated carbocycles. The van der Waals surface area contributed by atoms with E-state index in [0.29, 0.717) is 19.3 Å². The molecule has 0 aromatic carbocycles. The number of aliphatic hydroxyl groups is 5. The minimum absolute atomic E-state index is 0.130. The number of amides is 1. The second-order valence-electron chi connectivity index (χ2n) is 23.2. The van der Waals surface area contributed by atoms with E-state index in [1.807, 2.05) is 6.08 Å². The third-order valence-corrected chi connectivity index (χ3v) is 15.9. The smallest absolute Gasteiger partial charge is 0.306 e. The highest BCUT2D eigenvalue weighted by Gasteiger charge is 2.47. The van der Waals surface area contributed by atoms with Crippen LogP contribution in [0.25, 0.3) is 0 Å². The third-order valence-electron chi connectivity index (χ3n) is 15.9. The van der Waals surface area contributed by atoms with E-state index in [2.05, 4.69) is 38.2 Å². The van der Waals surface area contributed by atoms with Crippen LogP contribution in [-0.4, -0.2) is 99.6 Å². The number of hydrogen-bond donors (Lipinski definition) is 6. The van der Waals surface area contributed by atoms with Crippen molar-refractivity contribution in [3.05, 3.63) is 24.3 Å². The maximum atomic E-state index is 13.3. The number of unbranched alkanes of at least 4 members (excludes halogenated alkanes) is 41. The number of aliphatic hydroxyl groups excluding tert-OH is 5. The molecule has 1 aliphatic rings. The number of nitrogens with one attached hydrogen (secondary N) is 1. The minimum Gasteiger partial charge on any atom is -0.454 e. The highest BCUT2D eigenvalue weighted by Crippen LogP contribution is 2.26. The molecule has 454 valence electrons. The van der Waals surface area contributed by atoms with Crippen molar-refractivity contribution in [3.8, 4) is 0 Å². The largest absolute Gasteiger partial charge is 0.454 e. The average molecular weight is 1090 g/mol. The van der Waals surface area contributed by atoms with Crippen molar-refractivity contribution in [3.63, 3.8) is 0 Å². The van der Waals surface area contributed by atoms with Gasteiger partial charge in [0.2, 0.25) is 5.91 Å². The zero-order chi connectivity index (χ0) is 56.1. The van der Waals surface area contributed by atoms with Crippen LogP contribution in [0.4, 0.5) is 0 Å². The second kappa shape index (κ2) is 54.7. The normalized spacial score (nSPS) is 19.1. The van der Waals surface area contributed by atoms with Crippen LogP contribution in [0.3, 0.4) is 0 Å². The van der Waals surface area contributed by atoms with Crippen molar-refractivity contribution in [2.75, 3.05) is 13.2 Å². The van der Waals surface area contributed by atoms with E-state index in [1.54, 1.807) is 6.08 Å². The van der Waals surface area contributed by atoms with Crippen LogP contribution in [0.1, 0.15) is 323 Å². The fourth-order valence-electron chi connectivity index (χ4n) is 10.6. The first-order valence-electron chi connectivity index (χ1n) is 33.1. The van der Waals surface area contributed by atoms with Crippen molar-refractivity contribution in [1.29, 1.82) is 0 Å². The zero-order valence-electron chi connectivity index (χ0n) is 50.4. The number of hydrogen-bond acceptors (Lipinski definition) is 10. The van der Waals surface area contributed by atoms with E-state index in [0.717, 1.165) is 57.8 Å². The highest BCUT2D eigenvalue weighted by atomic mass is 16.7. The molecule has 0 radical (unpaired) electrons. The fourth-order valence-corrected chi connectivity index (χ4v) is 10.6. The molecule has 8 atom stereocenters. The van der Waals surface area contributed by atoms with Gasteiger partial charge in [-0.3, -0.25) is 9.59 Å². The Morgan fingerprint density at radius 3 is 1.26 bits per heavy atom. The van der Waals surface area contributed by atoms with Crippen molar-refractivity contribution in [1.82, 2.24) is 5.32 Å². The summed E-state index contributed by atoms with van der Waals surface area (Å²) >= 11 is 0. The van der Waals surface area contributed by atoms with Gasteiger partial charge in [0.25, 0.3) is 0 Å². The van der Waals surface area contributed by atoms with Gasteiger partial charge in [0, 0.05) is 6.42 Å². The van der Waals surface area contributed by atoms with Gasteiger partial charge in [-0.15, -0.1) is 0 Å². The van der Waals surface area contributed by atoms with Crippen LogP contribution in [0.15, 0.2) is 24.3 Å². The molecule has 8 unspecified atom stereocenters. The Hall–Kier alpha value is -1.86. The lowest BCUT2D eigenvalue weighted by Crippen LogP contribution is -2.61. The van der Waals surface area contributed by atoms with Crippen LogP contribution in [0.5, 0.6) is 0 Å². The quantitative estimate of drug-likeness (QED) is 0.0195. The molecule has 1 aliphatic heterocycles. The first kappa shape index (κ1) is 73.2. The Labute approximate surface area is 473 Å². The molecule has 1 fully saturated rings. The lowest BCUT2D eigenvalue weighted by Gasteiger charge is -2.41. The van der Waals surface area contributed by atoms with Crippen molar-refractivity contribution >= 4 is 11.9 Å². The van der Waals surface area contributed by atoms with E-state index >= 15 is 0 Å². The SMILES string of the molecule is CCCCCCCC/C=C/CCCCCCCCCCCCCCCCCCCC(=O)OC1C(OCC(NC(=O)C(O)CCCCCCCCCCCC)C(O)/C=C/CCCCCCCCCCC)OC(CO)C(O)C1O. The monoisotopic (exact) mass is 1090 g/mol. The fraction of sp³-hybridized carbons (Fsp3) is 0.909. The number of ether oxygens (including phenoxy) is 3. The van der Waals surface area contributed by atoms with Gasteiger partial charge in [0.05, 0.1) is 25.4 Å². The molecular weight excluding hydrogens is 967 g/mol. The molecule has 0 aliphatic carbocycles. The summed E-state index contributed by atoms with van der Waals surface area (Å²) in [6, 6.07) is -1.02. The first-order valence-corrected chi connectivity index (χ1v) is 33.1.